The molecule has 108 valence electrons. The van der Waals surface area contributed by atoms with Crippen LogP contribution in [0.2, 0.25) is 0 Å². The molecule has 0 unspecified atom stereocenters. The molecule has 0 radical (unpaired) electrons. The molecule has 0 saturated carbocycles. The second kappa shape index (κ2) is 9.17. The van der Waals surface area contributed by atoms with Crippen molar-refractivity contribution < 1.29 is 4.79 Å². The Kier molecular flexibility index (Phi) is 7.46. The third kappa shape index (κ3) is 5.90. The first-order valence-corrected chi connectivity index (χ1v) is 7.21. The molecule has 3 heteroatoms. The number of hydrogen-bond donors (Lipinski definition) is 2. The van der Waals surface area contributed by atoms with Crippen molar-refractivity contribution in [1.82, 2.24) is 5.32 Å². The molecule has 0 heterocycles. The minimum atomic E-state index is -0.0588. The van der Waals surface area contributed by atoms with E-state index in [1.54, 1.807) is 6.07 Å². The van der Waals surface area contributed by atoms with Gasteiger partial charge in [0, 0.05) is 12.1 Å². The van der Waals surface area contributed by atoms with Crippen LogP contribution in [0, 0.1) is 17.8 Å². The molecule has 3 N–H and O–H groups in total. The van der Waals surface area contributed by atoms with Crippen LogP contribution in [-0.4, -0.2) is 19.0 Å². The highest BCUT2D eigenvalue weighted by Gasteiger charge is 2.08. The number of amides is 1. The summed E-state index contributed by atoms with van der Waals surface area (Å²) >= 11 is 0. The van der Waals surface area contributed by atoms with E-state index in [1.165, 1.54) is 6.42 Å². The topological polar surface area (TPSA) is 55.1 Å². The van der Waals surface area contributed by atoms with Crippen LogP contribution in [0.15, 0.2) is 24.3 Å². The maximum atomic E-state index is 12.1. The lowest BCUT2D eigenvalue weighted by Crippen LogP contribution is -2.25. The SMILES string of the molecule is CC(C)CCCCNC(=O)c1ccccc1C#CCN. The summed E-state index contributed by atoms with van der Waals surface area (Å²) in [6.07, 6.45) is 3.36. The summed E-state index contributed by atoms with van der Waals surface area (Å²) in [4.78, 5) is 12.1. The number of nitrogens with two attached hydrogens (primary N) is 1. The zero-order valence-corrected chi connectivity index (χ0v) is 12.4. The molecule has 1 amide bonds. The Morgan fingerprint density at radius 3 is 2.75 bits per heavy atom. The molecular weight excluding hydrogens is 248 g/mol. The van der Waals surface area contributed by atoms with Gasteiger partial charge >= 0.3 is 0 Å². The Morgan fingerprint density at radius 1 is 1.30 bits per heavy atom. The first-order valence-electron chi connectivity index (χ1n) is 7.21. The quantitative estimate of drug-likeness (QED) is 0.617. The van der Waals surface area contributed by atoms with Crippen molar-refractivity contribution in [1.29, 1.82) is 0 Å². The third-order valence-electron chi connectivity index (χ3n) is 2.99. The average Bonchev–Trinajstić information content (AvgIpc) is 2.44. The minimum Gasteiger partial charge on any atom is -0.352 e. The number of hydrogen-bond acceptors (Lipinski definition) is 2. The lowest BCUT2D eigenvalue weighted by Gasteiger charge is -2.08. The van der Waals surface area contributed by atoms with Crippen molar-refractivity contribution in [2.75, 3.05) is 13.1 Å². The number of nitrogens with one attached hydrogen (secondary N) is 1. The lowest BCUT2D eigenvalue weighted by atomic mass is 10.1. The minimum absolute atomic E-state index is 0.0588. The van der Waals surface area contributed by atoms with Gasteiger partial charge in [0.2, 0.25) is 0 Å². The highest BCUT2D eigenvalue weighted by Crippen LogP contribution is 2.08. The Labute approximate surface area is 121 Å². The molecule has 0 spiro atoms. The normalized spacial score (nSPS) is 10.0. The maximum absolute atomic E-state index is 12.1. The van der Waals surface area contributed by atoms with Crippen LogP contribution in [0.3, 0.4) is 0 Å². The predicted octanol–water partition coefficient (Wildman–Crippen LogP) is 2.55. The van der Waals surface area contributed by atoms with E-state index in [4.69, 9.17) is 5.73 Å². The van der Waals surface area contributed by atoms with Gasteiger partial charge in [0.05, 0.1) is 12.1 Å². The Bertz CT molecular complexity index is 483. The molecule has 1 aromatic carbocycles. The van der Waals surface area contributed by atoms with E-state index in [0.29, 0.717) is 18.7 Å². The predicted molar refractivity (Wildman–Crippen MR) is 83.4 cm³/mol. The molecule has 0 bridgehead atoms. The van der Waals surface area contributed by atoms with Gasteiger partial charge in [0.25, 0.3) is 5.91 Å². The van der Waals surface area contributed by atoms with Crippen LogP contribution in [0.5, 0.6) is 0 Å². The van der Waals surface area contributed by atoms with Gasteiger partial charge in [0.15, 0.2) is 0 Å². The molecular formula is C17H24N2O. The second-order valence-electron chi connectivity index (χ2n) is 5.20. The van der Waals surface area contributed by atoms with Crippen LogP contribution < -0.4 is 11.1 Å². The largest absolute Gasteiger partial charge is 0.352 e. The molecule has 0 aliphatic heterocycles. The first-order chi connectivity index (χ1) is 9.65. The lowest BCUT2D eigenvalue weighted by molar-refractivity contribution is 0.0952. The van der Waals surface area contributed by atoms with Crippen molar-refractivity contribution >= 4 is 5.91 Å². The van der Waals surface area contributed by atoms with E-state index < -0.39 is 0 Å². The van der Waals surface area contributed by atoms with Crippen LogP contribution in [0.25, 0.3) is 0 Å². The molecule has 0 saturated heterocycles. The van der Waals surface area contributed by atoms with Gasteiger partial charge in [-0.25, -0.2) is 0 Å². The van der Waals surface area contributed by atoms with Gasteiger partial charge in [-0.2, -0.15) is 0 Å². The molecule has 0 fully saturated rings. The van der Waals surface area contributed by atoms with Gasteiger partial charge in [0.1, 0.15) is 0 Å². The van der Waals surface area contributed by atoms with E-state index in [0.717, 1.165) is 24.3 Å². The average molecular weight is 272 g/mol. The van der Waals surface area contributed by atoms with Crippen LogP contribution in [0.1, 0.15) is 49.0 Å². The van der Waals surface area contributed by atoms with E-state index in [2.05, 4.69) is 31.0 Å². The number of benzene rings is 1. The summed E-state index contributed by atoms with van der Waals surface area (Å²) < 4.78 is 0. The van der Waals surface area contributed by atoms with Crippen LogP contribution in [-0.2, 0) is 0 Å². The van der Waals surface area contributed by atoms with E-state index in [1.807, 2.05) is 18.2 Å². The van der Waals surface area contributed by atoms with Gasteiger partial charge in [-0.1, -0.05) is 50.7 Å². The van der Waals surface area contributed by atoms with E-state index >= 15 is 0 Å². The van der Waals surface area contributed by atoms with E-state index in [-0.39, 0.29) is 5.91 Å². The van der Waals surface area contributed by atoms with Crippen molar-refractivity contribution in [2.45, 2.75) is 33.1 Å². The number of rotatable bonds is 6. The standard InChI is InChI=1S/C17H24N2O/c1-14(2)8-5-6-13-19-17(20)16-11-4-3-9-15(16)10-7-12-18/h3-4,9,11,14H,5-6,8,12-13,18H2,1-2H3,(H,19,20). The summed E-state index contributed by atoms with van der Waals surface area (Å²) in [6.45, 7) is 5.44. The molecule has 3 nitrogen and oxygen atoms in total. The highest BCUT2D eigenvalue weighted by atomic mass is 16.1. The van der Waals surface area contributed by atoms with Gasteiger partial charge in [-0.15, -0.1) is 0 Å². The Balaban J connectivity index is 2.51. The summed E-state index contributed by atoms with van der Waals surface area (Å²) in [5.41, 5.74) is 6.72. The monoisotopic (exact) mass is 272 g/mol. The number of unbranched alkanes of at least 4 members (excludes halogenated alkanes) is 1. The van der Waals surface area contributed by atoms with E-state index in [9.17, 15) is 4.79 Å². The van der Waals surface area contributed by atoms with Crippen LogP contribution >= 0.6 is 0 Å². The zero-order valence-electron chi connectivity index (χ0n) is 12.4. The fourth-order valence-corrected chi connectivity index (χ4v) is 1.91. The van der Waals surface area contributed by atoms with Crippen molar-refractivity contribution in [3.05, 3.63) is 35.4 Å². The maximum Gasteiger partial charge on any atom is 0.252 e. The second-order valence-corrected chi connectivity index (χ2v) is 5.20. The van der Waals surface area contributed by atoms with Crippen molar-refractivity contribution in [2.24, 2.45) is 11.7 Å². The van der Waals surface area contributed by atoms with Gasteiger partial charge in [-0.3, -0.25) is 4.79 Å². The summed E-state index contributed by atoms with van der Waals surface area (Å²) in [7, 11) is 0. The molecule has 0 aliphatic carbocycles. The number of carbonyl (C=O) groups is 1. The molecule has 1 rings (SSSR count). The smallest absolute Gasteiger partial charge is 0.252 e. The molecule has 0 aliphatic rings. The summed E-state index contributed by atoms with van der Waals surface area (Å²) in [5.74, 6) is 6.38. The molecule has 0 aromatic heterocycles. The third-order valence-corrected chi connectivity index (χ3v) is 2.99. The van der Waals surface area contributed by atoms with Gasteiger partial charge in [-0.05, 0) is 24.5 Å². The van der Waals surface area contributed by atoms with Crippen molar-refractivity contribution in [3.8, 4) is 11.8 Å². The molecule has 20 heavy (non-hydrogen) atoms. The van der Waals surface area contributed by atoms with Crippen molar-refractivity contribution in [3.63, 3.8) is 0 Å². The molecule has 0 atom stereocenters. The Hall–Kier alpha value is -1.79. The van der Waals surface area contributed by atoms with Gasteiger partial charge < -0.3 is 11.1 Å². The Morgan fingerprint density at radius 2 is 2.05 bits per heavy atom. The fraction of sp³-hybridized carbons (Fsp3) is 0.471. The highest BCUT2D eigenvalue weighted by molar-refractivity contribution is 5.96. The zero-order chi connectivity index (χ0) is 14.8. The van der Waals surface area contributed by atoms with Crippen LogP contribution in [0.4, 0.5) is 0 Å². The fourth-order valence-electron chi connectivity index (χ4n) is 1.91. The molecule has 1 aromatic rings. The summed E-state index contributed by atoms with van der Waals surface area (Å²) in [6, 6.07) is 7.36. The first kappa shape index (κ1) is 16.3. The summed E-state index contributed by atoms with van der Waals surface area (Å²) in [5, 5.41) is 2.95. The number of carbonyl (C=O) groups excluding carboxylic acids is 1.